The number of piperazine rings is 1. The summed E-state index contributed by atoms with van der Waals surface area (Å²) in [6, 6.07) is 0.499. The van der Waals surface area contributed by atoms with Crippen LogP contribution in [0, 0.1) is 0 Å². The molecule has 2 atom stereocenters. The summed E-state index contributed by atoms with van der Waals surface area (Å²) < 4.78 is 5.28. The first-order chi connectivity index (χ1) is 5.38. The lowest BCUT2D eigenvalue weighted by Crippen LogP contribution is -2.56. The topological polar surface area (TPSA) is 33.3 Å². The first kappa shape index (κ1) is 8.97. The molecule has 0 aliphatic carbocycles. The van der Waals surface area contributed by atoms with Gasteiger partial charge in [0.15, 0.2) is 0 Å². The van der Waals surface area contributed by atoms with Crippen molar-refractivity contribution in [2.45, 2.75) is 32.0 Å². The van der Waals surface area contributed by atoms with Crippen LogP contribution in [0.2, 0.25) is 0 Å². The molecule has 1 aliphatic heterocycles. The number of hydrogen-bond donors (Lipinski definition) is 2. The van der Waals surface area contributed by atoms with E-state index in [0.29, 0.717) is 6.04 Å². The van der Waals surface area contributed by atoms with Crippen molar-refractivity contribution in [3.8, 4) is 0 Å². The van der Waals surface area contributed by atoms with Crippen LogP contribution < -0.4 is 10.6 Å². The van der Waals surface area contributed by atoms with Crippen molar-refractivity contribution < 1.29 is 4.74 Å². The molecule has 1 heterocycles. The molecule has 2 unspecified atom stereocenters. The molecular formula is C8H18N2O. The van der Waals surface area contributed by atoms with Crippen molar-refractivity contribution in [3.05, 3.63) is 0 Å². The van der Waals surface area contributed by atoms with Crippen LogP contribution >= 0.6 is 0 Å². The van der Waals surface area contributed by atoms with E-state index in [9.17, 15) is 0 Å². The van der Waals surface area contributed by atoms with E-state index in [1.807, 2.05) is 0 Å². The summed E-state index contributed by atoms with van der Waals surface area (Å²) in [6.45, 7) is 4.27. The zero-order valence-corrected chi connectivity index (χ0v) is 7.39. The van der Waals surface area contributed by atoms with E-state index in [4.69, 9.17) is 4.74 Å². The minimum absolute atomic E-state index is 0.212. The van der Waals surface area contributed by atoms with Crippen molar-refractivity contribution in [1.82, 2.24) is 10.6 Å². The third kappa shape index (κ3) is 2.43. The Morgan fingerprint density at radius 2 is 2.09 bits per heavy atom. The number of nitrogens with one attached hydrogen (secondary N) is 2. The molecule has 0 saturated carbocycles. The lowest BCUT2D eigenvalue weighted by molar-refractivity contribution is 0.0250. The van der Waals surface area contributed by atoms with Crippen LogP contribution in [0.25, 0.3) is 0 Å². The Morgan fingerprint density at radius 3 is 2.73 bits per heavy atom. The van der Waals surface area contributed by atoms with E-state index in [1.165, 1.54) is 12.8 Å². The van der Waals surface area contributed by atoms with Gasteiger partial charge in [-0.2, -0.15) is 0 Å². The molecule has 0 amide bonds. The summed E-state index contributed by atoms with van der Waals surface area (Å²) >= 11 is 0. The second kappa shape index (κ2) is 4.70. The van der Waals surface area contributed by atoms with Gasteiger partial charge in [-0.25, -0.2) is 0 Å². The van der Waals surface area contributed by atoms with E-state index < -0.39 is 0 Å². The first-order valence-electron chi connectivity index (χ1n) is 4.38. The van der Waals surface area contributed by atoms with E-state index >= 15 is 0 Å². The molecule has 0 spiro atoms. The Hall–Kier alpha value is -0.120. The number of methoxy groups -OCH3 is 1. The van der Waals surface area contributed by atoms with E-state index in [-0.39, 0.29) is 6.23 Å². The number of rotatable bonds is 3. The quantitative estimate of drug-likeness (QED) is 0.620. The molecule has 1 aliphatic rings. The molecule has 3 heteroatoms. The average Bonchev–Trinajstić information content (AvgIpc) is 2.06. The molecule has 3 nitrogen and oxygen atoms in total. The van der Waals surface area contributed by atoms with E-state index in [1.54, 1.807) is 7.11 Å². The summed E-state index contributed by atoms with van der Waals surface area (Å²) in [7, 11) is 1.76. The maximum Gasteiger partial charge on any atom is 0.123 e. The highest BCUT2D eigenvalue weighted by molar-refractivity contribution is 4.79. The van der Waals surface area contributed by atoms with Crippen LogP contribution in [0.5, 0.6) is 0 Å². The summed E-state index contributed by atoms with van der Waals surface area (Å²) in [6.07, 6.45) is 2.61. The van der Waals surface area contributed by atoms with E-state index in [0.717, 1.165) is 13.1 Å². The summed E-state index contributed by atoms with van der Waals surface area (Å²) in [5.41, 5.74) is 0. The fourth-order valence-corrected chi connectivity index (χ4v) is 1.53. The normalized spacial score (nSPS) is 32.2. The van der Waals surface area contributed by atoms with Gasteiger partial charge in [0.2, 0.25) is 0 Å². The van der Waals surface area contributed by atoms with Gasteiger partial charge >= 0.3 is 0 Å². The molecule has 1 fully saturated rings. The fourth-order valence-electron chi connectivity index (χ4n) is 1.53. The molecule has 0 radical (unpaired) electrons. The van der Waals surface area contributed by atoms with Crippen molar-refractivity contribution in [1.29, 1.82) is 0 Å². The minimum atomic E-state index is 0.212. The minimum Gasteiger partial charge on any atom is -0.365 e. The fraction of sp³-hybridized carbons (Fsp3) is 1.00. The van der Waals surface area contributed by atoms with Crippen LogP contribution in [-0.4, -0.2) is 32.5 Å². The lowest BCUT2D eigenvalue weighted by atomic mass is 10.1. The van der Waals surface area contributed by atoms with Gasteiger partial charge in [0, 0.05) is 26.2 Å². The van der Waals surface area contributed by atoms with Crippen molar-refractivity contribution in [2.75, 3.05) is 20.2 Å². The van der Waals surface area contributed by atoms with Gasteiger partial charge in [-0.1, -0.05) is 13.3 Å². The van der Waals surface area contributed by atoms with E-state index in [2.05, 4.69) is 17.6 Å². The molecule has 1 rings (SSSR count). The average molecular weight is 158 g/mol. The first-order valence-corrected chi connectivity index (χ1v) is 4.38. The highest BCUT2D eigenvalue weighted by Crippen LogP contribution is 2.05. The zero-order chi connectivity index (χ0) is 8.10. The van der Waals surface area contributed by atoms with Crippen LogP contribution in [-0.2, 0) is 4.74 Å². The Morgan fingerprint density at radius 1 is 1.36 bits per heavy atom. The standard InChI is InChI=1S/C8H18N2O/c1-3-4-7-8(11-2)10-6-5-9-7/h7-10H,3-6H2,1-2H3. The highest BCUT2D eigenvalue weighted by atomic mass is 16.5. The highest BCUT2D eigenvalue weighted by Gasteiger charge is 2.22. The largest absolute Gasteiger partial charge is 0.365 e. The van der Waals surface area contributed by atoms with Crippen LogP contribution in [0.15, 0.2) is 0 Å². The van der Waals surface area contributed by atoms with Crippen molar-refractivity contribution in [3.63, 3.8) is 0 Å². The van der Waals surface area contributed by atoms with Crippen LogP contribution in [0.1, 0.15) is 19.8 Å². The van der Waals surface area contributed by atoms with Gasteiger partial charge in [-0.15, -0.1) is 0 Å². The Kier molecular flexibility index (Phi) is 3.83. The second-order valence-electron chi connectivity index (χ2n) is 2.96. The molecule has 1 saturated heterocycles. The van der Waals surface area contributed by atoms with Gasteiger partial charge in [-0.05, 0) is 6.42 Å². The third-order valence-corrected chi connectivity index (χ3v) is 2.10. The van der Waals surface area contributed by atoms with Gasteiger partial charge in [0.1, 0.15) is 6.23 Å². The molecule has 0 aromatic rings. The Balaban J connectivity index is 2.31. The molecule has 0 aromatic carbocycles. The second-order valence-corrected chi connectivity index (χ2v) is 2.96. The Bertz CT molecular complexity index is 106. The Labute approximate surface area is 68.5 Å². The lowest BCUT2D eigenvalue weighted by Gasteiger charge is -2.32. The monoisotopic (exact) mass is 158 g/mol. The van der Waals surface area contributed by atoms with Gasteiger partial charge in [0.25, 0.3) is 0 Å². The number of hydrogen-bond acceptors (Lipinski definition) is 3. The van der Waals surface area contributed by atoms with Gasteiger partial charge in [0.05, 0.1) is 0 Å². The van der Waals surface area contributed by atoms with Crippen LogP contribution in [0.4, 0.5) is 0 Å². The molecule has 11 heavy (non-hydrogen) atoms. The predicted octanol–water partition coefficient (Wildman–Crippen LogP) is 0.320. The predicted molar refractivity (Wildman–Crippen MR) is 45.5 cm³/mol. The summed E-state index contributed by atoms with van der Waals surface area (Å²) in [5.74, 6) is 0. The molecule has 2 N–H and O–H groups in total. The summed E-state index contributed by atoms with van der Waals surface area (Å²) in [5, 5.41) is 6.75. The SMILES string of the molecule is CCCC1NCCNC1OC. The maximum atomic E-state index is 5.28. The smallest absolute Gasteiger partial charge is 0.123 e. The van der Waals surface area contributed by atoms with Crippen molar-refractivity contribution in [2.24, 2.45) is 0 Å². The zero-order valence-electron chi connectivity index (χ0n) is 7.39. The molecule has 0 aromatic heterocycles. The molecule has 66 valence electrons. The van der Waals surface area contributed by atoms with Crippen LogP contribution in [0.3, 0.4) is 0 Å². The van der Waals surface area contributed by atoms with Gasteiger partial charge < -0.3 is 10.1 Å². The molecule has 0 bridgehead atoms. The van der Waals surface area contributed by atoms with Crippen molar-refractivity contribution >= 4 is 0 Å². The van der Waals surface area contributed by atoms with Gasteiger partial charge in [-0.3, -0.25) is 5.32 Å². The summed E-state index contributed by atoms with van der Waals surface area (Å²) in [4.78, 5) is 0. The molecular weight excluding hydrogens is 140 g/mol. The number of ether oxygens (including phenoxy) is 1. The third-order valence-electron chi connectivity index (χ3n) is 2.10. The maximum absolute atomic E-state index is 5.28.